The minimum absolute atomic E-state index is 0.126. The largest absolute Gasteiger partial charge is 0.494 e. The lowest BCUT2D eigenvalue weighted by Gasteiger charge is -2.36. The van der Waals surface area contributed by atoms with Gasteiger partial charge in [-0.2, -0.15) is 0 Å². The van der Waals surface area contributed by atoms with E-state index in [-0.39, 0.29) is 11.9 Å². The van der Waals surface area contributed by atoms with Gasteiger partial charge in [0, 0.05) is 6.54 Å². The number of aliphatic hydroxyl groups is 1. The van der Waals surface area contributed by atoms with Crippen molar-refractivity contribution in [3.05, 3.63) is 29.8 Å². The van der Waals surface area contributed by atoms with E-state index in [0.717, 1.165) is 11.3 Å². The van der Waals surface area contributed by atoms with Gasteiger partial charge in [-0.15, -0.1) is 0 Å². The van der Waals surface area contributed by atoms with E-state index >= 15 is 0 Å². The summed E-state index contributed by atoms with van der Waals surface area (Å²) >= 11 is 0. The fourth-order valence-corrected chi connectivity index (χ4v) is 3.38. The van der Waals surface area contributed by atoms with Gasteiger partial charge in [0.05, 0.1) is 31.8 Å². The second-order valence-corrected chi connectivity index (χ2v) is 6.95. The van der Waals surface area contributed by atoms with E-state index in [1.165, 1.54) is 5.48 Å². The topological polar surface area (TPSA) is 108 Å². The number of hydrogen-bond donors (Lipinski definition) is 3. The average Bonchev–Trinajstić information content (AvgIpc) is 2.71. The average molecular weight is 394 g/mol. The third-order valence-corrected chi connectivity index (χ3v) is 4.94. The van der Waals surface area contributed by atoms with Crippen LogP contribution < -0.4 is 10.2 Å². The molecule has 1 aliphatic rings. The molecule has 1 aromatic carbocycles. The van der Waals surface area contributed by atoms with Crippen molar-refractivity contribution >= 4 is 11.8 Å². The lowest BCUT2D eigenvalue weighted by molar-refractivity contribution is -0.155. The minimum atomic E-state index is -1.60. The molecule has 0 radical (unpaired) electrons. The Balaban J connectivity index is 2.00. The van der Waals surface area contributed by atoms with Gasteiger partial charge < -0.3 is 19.5 Å². The van der Waals surface area contributed by atoms with Crippen molar-refractivity contribution in [2.75, 3.05) is 26.4 Å². The highest BCUT2D eigenvalue weighted by Crippen LogP contribution is 2.21. The van der Waals surface area contributed by atoms with Crippen LogP contribution in [-0.4, -0.2) is 65.5 Å². The summed E-state index contributed by atoms with van der Waals surface area (Å²) in [4.78, 5) is 26.3. The van der Waals surface area contributed by atoms with Crippen molar-refractivity contribution in [2.24, 2.45) is 5.92 Å². The van der Waals surface area contributed by atoms with Crippen LogP contribution in [-0.2, 0) is 20.7 Å². The van der Waals surface area contributed by atoms with Crippen molar-refractivity contribution < 1.29 is 29.4 Å². The Morgan fingerprint density at radius 1 is 1.36 bits per heavy atom. The van der Waals surface area contributed by atoms with Crippen molar-refractivity contribution in [1.82, 2.24) is 10.4 Å². The second kappa shape index (κ2) is 11.0. The molecule has 0 saturated carbocycles. The zero-order valence-electron chi connectivity index (χ0n) is 16.5. The number of carbonyl (C=O) groups is 2. The predicted octanol–water partition coefficient (Wildman–Crippen LogP) is 1.14. The molecule has 1 saturated heterocycles. The molecule has 0 spiro atoms. The van der Waals surface area contributed by atoms with Gasteiger partial charge in [-0.3, -0.25) is 14.8 Å². The number of carbonyl (C=O) groups excluding carboxylic acids is 2. The zero-order valence-corrected chi connectivity index (χ0v) is 16.5. The molecule has 1 fully saturated rings. The van der Waals surface area contributed by atoms with Crippen LogP contribution >= 0.6 is 0 Å². The van der Waals surface area contributed by atoms with E-state index < -0.39 is 17.9 Å². The summed E-state index contributed by atoms with van der Waals surface area (Å²) in [5.41, 5.74) is 2.52. The van der Waals surface area contributed by atoms with E-state index in [4.69, 9.17) is 14.7 Å². The summed E-state index contributed by atoms with van der Waals surface area (Å²) in [6, 6.07) is 7.58. The number of nitrogens with one attached hydrogen (secondary N) is 1. The summed E-state index contributed by atoms with van der Waals surface area (Å²) < 4.78 is 10.8. The maximum absolute atomic E-state index is 13.0. The van der Waals surface area contributed by atoms with Gasteiger partial charge in [-0.05, 0) is 50.8 Å². The number of hydroxylamine groups is 1. The summed E-state index contributed by atoms with van der Waals surface area (Å²) in [5.74, 6) is -1.38. The fourth-order valence-electron chi connectivity index (χ4n) is 3.38. The number of rotatable bonds is 9. The van der Waals surface area contributed by atoms with Crippen LogP contribution in [0.5, 0.6) is 5.75 Å². The Morgan fingerprint density at radius 2 is 2.07 bits per heavy atom. The van der Waals surface area contributed by atoms with Crippen molar-refractivity contribution in [3.63, 3.8) is 0 Å². The van der Waals surface area contributed by atoms with E-state index in [1.807, 2.05) is 38.1 Å². The number of ether oxygens (including phenoxy) is 2. The number of nitrogens with zero attached hydrogens (tertiary/aromatic N) is 1. The predicted molar refractivity (Wildman–Crippen MR) is 102 cm³/mol. The maximum atomic E-state index is 13.0. The van der Waals surface area contributed by atoms with E-state index in [2.05, 4.69) is 0 Å². The highest BCUT2D eigenvalue weighted by molar-refractivity contribution is 5.88. The molecule has 1 heterocycles. The molecule has 3 N–H and O–H groups in total. The van der Waals surface area contributed by atoms with Crippen molar-refractivity contribution in [3.8, 4) is 5.75 Å². The van der Waals surface area contributed by atoms with Crippen LogP contribution in [0.15, 0.2) is 24.3 Å². The summed E-state index contributed by atoms with van der Waals surface area (Å²) in [6.07, 6.45) is 0.0270. The summed E-state index contributed by atoms with van der Waals surface area (Å²) in [7, 11) is 0. The van der Waals surface area contributed by atoms with Crippen molar-refractivity contribution in [1.29, 1.82) is 0 Å². The van der Waals surface area contributed by atoms with Crippen LogP contribution in [0.25, 0.3) is 0 Å². The number of morpholine rings is 1. The van der Waals surface area contributed by atoms with Gasteiger partial charge in [0.15, 0.2) is 0 Å². The smallest absolute Gasteiger partial charge is 0.272 e. The van der Waals surface area contributed by atoms with Crippen LogP contribution in [0.4, 0.5) is 0 Å². The standard InChI is InChI=1S/C20H30N2O6/c1-3-28-16-9-7-15(8-10-16)5-4-6-17(18(23)19(24)21-26)20(25)22-11-12-27-13-14(22)2/h7-10,14,17-18,23,26H,3-6,11-13H2,1-2H3,(H,21,24). The number of amides is 2. The van der Waals surface area contributed by atoms with Gasteiger partial charge in [0.25, 0.3) is 5.91 Å². The first-order chi connectivity index (χ1) is 13.5. The molecule has 0 aliphatic carbocycles. The lowest BCUT2D eigenvalue weighted by atomic mass is 9.92. The quantitative estimate of drug-likeness (QED) is 0.428. The van der Waals surface area contributed by atoms with Crippen molar-refractivity contribution in [2.45, 2.75) is 45.3 Å². The first-order valence-corrected chi connectivity index (χ1v) is 9.69. The SMILES string of the molecule is CCOc1ccc(CCCC(C(=O)N2CCOCC2C)C(O)C(=O)NO)cc1. The molecule has 3 atom stereocenters. The molecule has 1 aliphatic heterocycles. The fraction of sp³-hybridized carbons (Fsp3) is 0.600. The Bertz CT molecular complexity index is 636. The molecular weight excluding hydrogens is 364 g/mol. The minimum Gasteiger partial charge on any atom is -0.494 e. The lowest BCUT2D eigenvalue weighted by Crippen LogP contribution is -2.53. The number of aliphatic hydroxyl groups excluding tert-OH is 1. The molecular formula is C20H30N2O6. The van der Waals surface area contributed by atoms with Crippen LogP contribution in [0.2, 0.25) is 0 Å². The number of hydrogen-bond acceptors (Lipinski definition) is 6. The molecule has 28 heavy (non-hydrogen) atoms. The Hall–Kier alpha value is -2.16. The second-order valence-electron chi connectivity index (χ2n) is 6.95. The first-order valence-electron chi connectivity index (χ1n) is 9.69. The van der Waals surface area contributed by atoms with Gasteiger partial charge in [0.2, 0.25) is 5.91 Å². The van der Waals surface area contributed by atoms with Crippen LogP contribution in [0.1, 0.15) is 32.3 Å². The highest BCUT2D eigenvalue weighted by atomic mass is 16.5. The molecule has 156 valence electrons. The molecule has 2 rings (SSSR count). The Labute approximate surface area is 165 Å². The van der Waals surface area contributed by atoms with Crippen LogP contribution in [0.3, 0.4) is 0 Å². The highest BCUT2D eigenvalue weighted by Gasteiger charge is 2.36. The first kappa shape index (κ1) is 22.1. The zero-order chi connectivity index (χ0) is 20.5. The monoisotopic (exact) mass is 394 g/mol. The van der Waals surface area contributed by atoms with E-state index in [0.29, 0.717) is 45.6 Å². The van der Waals surface area contributed by atoms with Gasteiger partial charge in [-0.1, -0.05) is 12.1 Å². The van der Waals surface area contributed by atoms with Gasteiger partial charge in [0.1, 0.15) is 11.9 Å². The summed E-state index contributed by atoms with van der Waals surface area (Å²) in [5, 5.41) is 19.1. The molecule has 8 heteroatoms. The molecule has 0 bridgehead atoms. The van der Waals surface area contributed by atoms with E-state index in [9.17, 15) is 14.7 Å². The molecule has 0 aromatic heterocycles. The molecule has 1 aromatic rings. The van der Waals surface area contributed by atoms with Gasteiger partial charge in [-0.25, -0.2) is 5.48 Å². The molecule has 2 amide bonds. The molecule has 8 nitrogen and oxygen atoms in total. The number of benzene rings is 1. The Kier molecular flexibility index (Phi) is 8.69. The normalized spacial score (nSPS) is 19.0. The number of aryl methyl sites for hydroxylation is 1. The van der Waals surface area contributed by atoms with E-state index in [1.54, 1.807) is 4.90 Å². The maximum Gasteiger partial charge on any atom is 0.272 e. The van der Waals surface area contributed by atoms with Crippen LogP contribution in [0, 0.1) is 5.92 Å². The molecule has 3 unspecified atom stereocenters. The van der Waals surface area contributed by atoms with Gasteiger partial charge >= 0.3 is 0 Å². The Morgan fingerprint density at radius 3 is 2.68 bits per heavy atom. The third-order valence-electron chi connectivity index (χ3n) is 4.94. The summed E-state index contributed by atoms with van der Waals surface area (Å²) in [6.45, 7) is 5.67. The third kappa shape index (κ3) is 5.92.